The van der Waals surface area contributed by atoms with Gasteiger partial charge in [-0.1, -0.05) is 5.16 Å². The van der Waals surface area contributed by atoms with Gasteiger partial charge < -0.3 is 18.9 Å². The lowest BCUT2D eigenvalue weighted by molar-refractivity contribution is 0.0419. The lowest BCUT2D eigenvalue weighted by atomic mass is 10.0. The predicted octanol–water partition coefficient (Wildman–Crippen LogP) is 3.10. The molecule has 1 fully saturated rings. The Morgan fingerprint density at radius 1 is 1.26 bits per heavy atom. The SMILES string of the molecule is COC[C@H]1CCCCN1C(=O)c1cc(COc2ccc(C(C)=O)cc2)on1. The molecule has 1 aromatic heterocycles. The first-order chi connectivity index (χ1) is 13.1. The van der Waals surface area contributed by atoms with Crippen LogP contribution in [0, 0.1) is 0 Å². The van der Waals surface area contributed by atoms with Crippen LogP contribution in [0.4, 0.5) is 0 Å². The van der Waals surface area contributed by atoms with Crippen LogP contribution >= 0.6 is 0 Å². The van der Waals surface area contributed by atoms with Gasteiger partial charge in [0.1, 0.15) is 12.4 Å². The number of hydrogen-bond donors (Lipinski definition) is 0. The van der Waals surface area contributed by atoms with Gasteiger partial charge in [0.05, 0.1) is 12.6 Å². The largest absolute Gasteiger partial charge is 0.486 e. The van der Waals surface area contributed by atoms with E-state index >= 15 is 0 Å². The molecule has 2 aromatic rings. The number of methoxy groups -OCH3 is 1. The van der Waals surface area contributed by atoms with Gasteiger partial charge in [0, 0.05) is 25.3 Å². The van der Waals surface area contributed by atoms with Crippen molar-refractivity contribution in [2.45, 2.75) is 38.8 Å². The zero-order chi connectivity index (χ0) is 19.2. The molecule has 0 radical (unpaired) electrons. The van der Waals surface area contributed by atoms with Gasteiger partial charge in [-0.3, -0.25) is 9.59 Å². The van der Waals surface area contributed by atoms with Crippen molar-refractivity contribution in [3.8, 4) is 5.75 Å². The van der Waals surface area contributed by atoms with Crippen LogP contribution in [0.2, 0.25) is 0 Å². The van der Waals surface area contributed by atoms with Crippen LogP contribution in [0.1, 0.15) is 52.8 Å². The van der Waals surface area contributed by atoms with Gasteiger partial charge in [-0.05, 0) is 50.5 Å². The van der Waals surface area contributed by atoms with Crippen molar-refractivity contribution in [2.24, 2.45) is 0 Å². The molecule has 0 N–H and O–H groups in total. The lowest BCUT2D eigenvalue weighted by Crippen LogP contribution is -2.46. The fraction of sp³-hybridized carbons (Fsp3) is 0.450. The molecule has 7 heteroatoms. The fourth-order valence-electron chi connectivity index (χ4n) is 3.20. The maximum atomic E-state index is 12.7. The molecule has 0 saturated carbocycles. The molecule has 1 aliphatic heterocycles. The Labute approximate surface area is 158 Å². The van der Waals surface area contributed by atoms with Gasteiger partial charge in [-0.25, -0.2) is 0 Å². The first kappa shape index (κ1) is 19.1. The van der Waals surface area contributed by atoms with E-state index in [-0.39, 0.29) is 30.0 Å². The van der Waals surface area contributed by atoms with Gasteiger partial charge in [0.25, 0.3) is 5.91 Å². The van der Waals surface area contributed by atoms with E-state index in [0.717, 1.165) is 19.3 Å². The summed E-state index contributed by atoms with van der Waals surface area (Å²) in [6.07, 6.45) is 3.01. The third kappa shape index (κ3) is 4.74. The molecule has 2 heterocycles. The van der Waals surface area contributed by atoms with Crippen molar-refractivity contribution < 1.29 is 23.6 Å². The van der Waals surface area contributed by atoms with E-state index in [4.69, 9.17) is 14.0 Å². The Kier molecular flexibility index (Phi) is 6.24. The highest BCUT2D eigenvalue weighted by Gasteiger charge is 2.29. The third-order valence-electron chi connectivity index (χ3n) is 4.67. The standard InChI is InChI=1S/C20H24N2O5/c1-14(23)15-6-8-17(9-7-15)26-13-18-11-19(21-27-18)20(24)22-10-4-3-5-16(22)12-25-2/h6-9,11,16H,3-5,10,12-13H2,1-2H3/t16-/m1/s1. The highest BCUT2D eigenvalue weighted by atomic mass is 16.5. The summed E-state index contributed by atoms with van der Waals surface area (Å²) in [5, 5.41) is 3.90. The predicted molar refractivity (Wildman–Crippen MR) is 97.8 cm³/mol. The zero-order valence-corrected chi connectivity index (χ0v) is 15.6. The second-order valence-corrected chi connectivity index (χ2v) is 6.65. The van der Waals surface area contributed by atoms with Crippen LogP contribution in [0.3, 0.4) is 0 Å². The van der Waals surface area contributed by atoms with Gasteiger partial charge in [-0.15, -0.1) is 0 Å². The Morgan fingerprint density at radius 3 is 2.74 bits per heavy atom. The summed E-state index contributed by atoms with van der Waals surface area (Å²) in [4.78, 5) is 25.9. The monoisotopic (exact) mass is 372 g/mol. The Balaban J connectivity index is 1.60. The number of hydrogen-bond acceptors (Lipinski definition) is 6. The molecule has 0 spiro atoms. The molecule has 3 rings (SSSR count). The van der Waals surface area contributed by atoms with Gasteiger partial charge >= 0.3 is 0 Å². The summed E-state index contributed by atoms with van der Waals surface area (Å²) in [5.41, 5.74) is 0.908. The van der Waals surface area contributed by atoms with Gasteiger partial charge in [0.15, 0.2) is 17.2 Å². The Morgan fingerprint density at radius 2 is 2.04 bits per heavy atom. The number of nitrogens with zero attached hydrogens (tertiary/aromatic N) is 2. The molecular formula is C20H24N2O5. The smallest absolute Gasteiger partial charge is 0.276 e. The molecule has 1 amide bonds. The normalized spacial score (nSPS) is 17.0. The molecule has 144 valence electrons. The fourth-order valence-corrected chi connectivity index (χ4v) is 3.20. The number of Topliss-reactive ketones (excluding diaryl/α,β-unsaturated/α-hetero) is 1. The van der Waals surface area contributed by atoms with E-state index < -0.39 is 0 Å². The Hall–Kier alpha value is -2.67. The van der Waals surface area contributed by atoms with E-state index in [1.54, 1.807) is 37.4 Å². The molecule has 0 bridgehead atoms. The first-order valence-corrected chi connectivity index (χ1v) is 9.08. The molecule has 1 aliphatic rings. The molecule has 0 aliphatic carbocycles. The number of benzene rings is 1. The maximum Gasteiger partial charge on any atom is 0.276 e. The van der Waals surface area contributed by atoms with Crippen molar-refractivity contribution in [2.75, 3.05) is 20.3 Å². The summed E-state index contributed by atoms with van der Waals surface area (Å²) in [6.45, 7) is 2.90. The highest BCUT2D eigenvalue weighted by molar-refractivity contribution is 5.94. The summed E-state index contributed by atoms with van der Waals surface area (Å²) < 4.78 is 16.1. The quantitative estimate of drug-likeness (QED) is 0.695. The number of piperidine rings is 1. The van der Waals surface area contributed by atoms with E-state index in [0.29, 0.717) is 30.2 Å². The minimum absolute atomic E-state index is 0.00410. The van der Waals surface area contributed by atoms with Crippen LogP contribution in [0.15, 0.2) is 34.9 Å². The molecule has 27 heavy (non-hydrogen) atoms. The molecule has 1 saturated heterocycles. The Bertz CT molecular complexity index is 782. The number of amides is 1. The van der Waals surface area contributed by atoms with E-state index in [2.05, 4.69) is 5.16 Å². The average molecular weight is 372 g/mol. The number of aromatic nitrogens is 1. The maximum absolute atomic E-state index is 12.7. The van der Waals surface area contributed by atoms with E-state index in [1.165, 1.54) is 6.92 Å². The molecule has 0 unspecified atom stereocenters. The second kappa shape index (κ2) is 8.81. The first-order valence-electron chi connectivity index (χ1n) is 9.08. The van der Waals surface area contributed by atoms with Crippen LogP contribution in [-0.4, -0.2) is 48.1 Å². The molecule has 1 atom stereocenters. The van der Waals surface area contributed by atoms with Crippen molar-refractivity contribution >= 4 is 11.7 Å². The number of likely N-dealkylation sites (tertiary alicyclic amines) is 1. The third-order valence-corrected chi connectivity index (χ3v) is 4.67. The average Bonchev–Trinajstić information content (AvgIpc) is 3.16. The number of carbonyl (C=O) groups excluding carboxylic acids is 2. The van der Waals surface area contributed by atoms with Gasteiger partial charge in [0.2, 0.25) is 0 Å². The topological polar surface area (TPSA) is 81.9 Å². The van der Waals surface area contributed by atoms with Crippen LogP contribution in [0.25, 0.3) is 0 Å². The second-order valence-electron chi connectivity index (χ2n) is 6.65. The summed E-state index contributed by atoms with van der Waals surface area (Å²) >= 11 is 0. The van der Waals surface area contributed by atoms with Crippen molar-refractivity contribution in [3.63, 3.8) is 0 Å². The molecule has 1 aromatic carbocycles. The zero-order valence-electron chi connectivity index (χ0n) is 15.6. The van der Waals surface area contributed by atoms with Crippen LogP contribution in [0.5, 0.6) is 5.75 Å². The van der Waals surface area contributed by atoms with Crippen molar-refractivity contribution in [1.29, 1.82) is 0 Å². The summed E-state index contributed by atoms with van der Waals surface area (Å²) in [6, 6.07) is 8.56. The van der Waals surface area contributed by atoms with Crippen LogP contribution in [-0.2, 0) is 11.3 Å². The summed E-state index contributed by atoms with van der Waals surface area (Å²) in [5.74, 6) is 0.941. The number of rotatable bonds is 7. The summed E-state index contributed by atoms with van der Waals surface area (Å²) in [7, 11) is 1.64. The number of ether oxygens (including phenoxy) is 2. The van der Waals surface area contributed by atoms with Crippen molar-refractivity contribution in [3.05, 3.63) is 47.3 Å². The number of carbonyl (C=O) groups is 2. The number of ketones is 1. The minimum atomic E-state index is -0.141. The van der Waals surface area contributed by atoms with Gasteiger partial charge in [-0.2, -0.15) is 0 Å². The van der Waals surface area contributed by atoms with E-state index in [9.17, 15) is 9.59 Å². The molecule has 7 nitrogen and oxygen atoms in total. The van der Waals surface area contributed by atoms with Crippen LogP contribution < -0.4 is 4.74 Å². The minimum Gasteiger partial charge on any atom is -0.486 e. The van der Waals surface area contributed by atoms with Crippen molar-refractivity contribution in [1.82, 2.24) is 10.1 Å². The molecular weight excluding hydrogens is 348 g/mol. The highest BCUT2D eigenvalue weighted by Crippen LogP contribution is 2.21. The lowest BCUT2D eigenvalue weighted by Gasteiger charge is -2.34. The van der Waals surface area contributed by atoms with E-state index in [1.807, 2.05) is 4.90 Å².